The Morgan fingerprint density at radius 3 is 3.00 bits per heavy atom. The summed E-state index contributed by atoms with van der Waals surface area (Å²) in [6.45, 7) is 3.74. The molecule has 2 rings (SSSR count). The average molecular weight is 282 g/mol. The van der Waals surface area contributed by atoms with Crippen molar-refractivity contribution in [3.05, 3.63) is 12.4 Å². The molecule has 2 atom stereocenters. The average Bonchev–Trinajstić information content (AvgIpc) is 2.83. The maximum atomic E-state index is 12.3. The summed E-state index contributed by atoms with van der Waals surface area (Å²) in [6, 6.07) is 0.385. The van der Waals surface area contributed by atoms with Gasteiger partial charge in [0.25, 0.3) is 0 Å². The van der Waals surface area contributed by atoms with Crippen LogP contribution in [0, 0.1) is 5.92 Å². The third-order valence-corrected chi connectivity index (χ3v) is 4.50. The SMILES string of the molecule is CSCC(C)C(=O)N1CCCC(n2ccnn2)CC1. The second-order valence-corrected chi connectivity index (χ2v) is 6.06. The van der Waals surface area contributed by atoms with Crippen LogP contribution in [0.3, 0.4) is 0 Å². The topological polar surface area (TPSA) is 51.0 Å². The van der Waals surface area contributed by atoms with E-state index in [4.69, 9.17) is 0 Å². The van der Waals surface area contributed by atoms with Gasteiger partial charge in [-0.3, -0.25) is 4.79 Å². The standard InChI is InChI=1S/C13H22N4OS/c1-11(10-19-2)13(18)16-7-3-4-12(5-8-16)17-9-6-14-15-17/h6,9,11-12H,3-5,7-8,10H2,1-2H3. The summed E-state index contributed by atoms with van der Waals surface area (Å²) in [7, 11) is 0. The minimum atomic E-state index is 0.123. The molecular weight excluding hydrogens is 260 g/mol. The minimum absolute atomic E-state index is 0.123. The van der Waals surface area contributed by atoms with E-state index in [1.165, 1.54) is 0 Å². The summed E-state index contributed by atoms with van der Waals surface area (Å²) >= 11 is 1.74. The molecule has 1 aliphatic rings. The van der Waals surface area contributed by atoms with Crippen molar-refractivity contribution in [3.63, 3.8) is 0 Å². The van der Waals surface area contributed by atoms with Gasteiger partial charge < -0.3 is 4.90 Å². The normalized spacial score (nSPS) is 22.0. The molecule has 0 radical (unpaired) electrons. The molecule has 1 aromatic rings. The lowest BCUT2D eigenvalue weighted by atomic mass is 10.1. The predicted molar refractivity (Wildman–Crippen MR) is 77.0 cm³/mol. The van der Waals surface area contributed by atoms with Gasteiger partial charge in [-0.25, -0.2) is 4.68 Å². The number of nitrogens with zero attached hydrogens (tertiary/aromatic N) is 4. The van der Waals surface area contributed by atoms with Crippen molar-refractivity contribution in [2.75, 3.05) is 25.1 Å². The zero-order valence-electron chi connectivity index (χ0n) is 11.7. The van der Waals surface area contributed by atoms with Gasteiger partial charge in [0, 0.05) is 31.0 Å². The smallest absolute Gasteiger partial charge is 0.226 e. The van der Waals surface area contributed by atoms with Crippen LogP contribution in [-0.2, 0) is 4.79 Å². The van der Waals surface area contributed by atoms with E-state index in [0.29, 0.717) is 11.9 Å². The summed E-state index contributed by atoms with van der Waals surface area (Å²) in [5, 5.41) is 7.94. The van der Waals surface area contributed by atoms with Gasteiger partial charge in [0.05, 0.1) is 12.2 Å². The predicted octanol–water partition coefficient (Wildman–Crippen LogP) is 1.83. The van der Waals surface area contributed by atoms with Crippen LogP contribution < -0.4 is 0 Å². The summed E-state index contributed by atoms with van der Waals surface area (Å²) < 4.78 is 1.93. The molecule has 1 aliphatic heterocycles. The van der Waals surface area contributed by atoms with Crippen LogP contribution in [0.4, 0.5) is 0 Å². The molecule has 0 aliphatic carbocycles. The lowest BCUT2D eigenvalue weighted by Crippen LogP contribution is -2.36. The van der Waals surface area contributed by atoms with Crippen LogP contribution >= 0.6 is 11.8 Å². The van der Waals surface area contributed by atoms with E-state index in [2.05, 4.69) is 10.3 Å². The highest BCUT2D eigenvalue weighted by Gasteiger charge is 2.24. The molecule has 2 unspecified atom stereocenters. The Hall–Kier alpha value is -1.04. The summed E-state index contributed by atoms with van der Waals surface area (Å²) in [6.07, 6.45) is 8.77. The molecule has 1 fully saturated rings. The maximum absolute atomic E-state index is 12.3. The van der Waals surface area contributed by atoms with E-state index < -0.39 is 0 Å². The molecule has 6 heteroatoms. The fourth-order valence-electron chi connectivity index (χ4n) is 2.61. The Bertz CT molecular complexity index is 395. The van der Waals surface area contributed by atoms with Gasteiger partial charge in [0.15, 0.2) is 0 Å². The summed E-state index contributed by atoms with van der Waals surface area (Å²) in [4.78, 5) is 14.3. The van der Waals surface area contributed by atoms with Crippen molar-refractivity contribution in [2.24, 2.45) is 5.92 Å². The van der Waals surface area contributed by atoms with Crippen LogP contribution in [0.5, 0.6) is 0 Å². The van der Waals surface area contributed by atoms with E-state index in [-0.39, 0.29) is 5.92 Å². The molecule has 1 saturated heterocycles. The van der Waals surface area contributed by atoms with Crippen molar-refractivity contribution in [1.29, 1.82) is 0 Å². The maximum Gasteiger partial charge on any atom is 0.226 e. The molecule has 0 aromatic carbocycles. The number of hydrogen-bond acceptors (Lipinski definition) is 4. The monoisotopic (exact) mass is 282 g/mol. The Labute approximate surface area is 118 Å². The Balaban J connectivity index is 1.91. The van der Waals surface area contributed by atoms with Crippen molar-refractivity contribution in [1.82, 2.24) is 19.9 Å². The van der Waals surface area contributed by atoms with Crippen LogP contribution in [-0.4, -0.2) is 50.9 Å². The van der Waals surface area contributed by atoms with Crippen LogP contribution in [0.25, 0.3) is 0 Å². The molecule has 0 N–H and O–H groups in total. The van der Waals surface area contributed by atoms with Crippen molar-refractivity contribution < 1.29 is 4.79 Å². The van der Waals surface area contributed by atoms with E-state index in [1.54, 1.807) is 18.0 Å². The number of thioether (sulfide) groups is 1. The number of hydrogen-bond donors (Lipinski definition) is 0. The molecule has 1 amide bonds. The molecule has 5 nitrogen and oxygen atoms in total. The second-order valence-electron chi connectivity index (χ2n) is 5.15. The molecule has 1 aromatic heterocycles. The fourth-order valence-corrected chi connectivity index (χ4v) is 3.25. The Morgan fingerprint density at radius 1 is 1.47 bits per heavy atom. The molecule has 19 heavy (non-hydrogen) atoms. The molecule has 2 heterocycles. The first-order valence-electron chi connectivity index (χ1n) is 6.86. The Morgan fingerprint density at radius 2 is 2.32 bits per heavy atom. The van der Waals surface area contributed by atoms with Gasteiger partial charge in [-0.1, -0.05) is 12.1 Å². The van der Waals surface area contributed by atoms with Gasteiger partial charge >= 0.3 is 0 Å². The van der Waals surface area contributed by atoms with E-state index in [9.17, 15) is 4.79 Å². The first-order chi connectivity index (χ1) is 9.22. The lowest BCUT2D eigenvalue weighted by Gasteiger charge is -2.24. The van der Waals surface area contributed by atoms with E-state index in [0.717, 1.165) is 38.1 Å². The molecule has 0 spiro atoms. The highest BCUT2D eigenvalue weighted by Crippen LogP contribution is 2.22. The zero-order chi connectivity index (χ0) is 13.7. The largest absolute Gasteiger partial charge is 0.342 e. The summed E-state index contributed by atoms with van der Waals surface area (Å²) in [5.74, 6) is 1.33. The lowest BCUT2D eigenvalue weighted by molar-refractivity contribution is -0.134. The fraction of sp³-hybridized carbons (Fsp3) is 0.769. The molecule has 0 bridgehead atoms. The third-order valence-electron chi connectivity index (χ3n) is 3.66. The van der Waals surface area contributed by atoms with Crippen LogP contribution in [0.2, 0.25) is 0 Å². The van der Waals surface area contributed by atoms with Gasteiger partial charge in [0.1, 0.15) is 0 Å². The van der Waals surface area contributed by atoms with Crippen molar-refractivity contribution in [2.45, 2.75) is 32.2 Å². The molecule has 106 valence electrons. The third kappa shape index (κ3) is 3.72. The number of carbonyl (C=O) groups excluding carboxylic acids is 1. The van der Waals surface area contributed by atoms with Gasteiger partial charge in [-0.2, -0.15) is 11.8 Å². The van der Waals surface area contributed by atoms with Crippen LogP contribution in [0.15, 0.2) is 12.4 Å². The first kappa shape index (κ1) is 14.4. The second kappa shape index (κ2) is 6.93. The van der Waals surface area contributed by atoms with E-state index in [1.807, 2.05) is 29.0 Å². The number of rotatable bonds is 4. The molecular formula is C13H22N4OS. The minimum Gasteiger partial charge on any atom is -0.342 e. The van der Waals surface area contributed by atoms with E-state index >= 15 is 0 Å². The van der Waals surface area contributed by atoms with Crippen LogP contribution in [0.1, 0.15) is 32.2 Å². The van der Waals surface area contributed by atoms with Crippen molar-refractivity contribution in [3.8, 4) is 0 Å². The van der Waals surface area contributed by atoms with Crippen molar-refractivity contribution >= 4 is 17.7 Å². The number of likely N-dealkylation sites (tertiary alicyclic amines) is 1. The summed E-state index contributed by atoms with van der Waals surface area (Å²) in [5.41, 5.74) is 0. The molecule has 0 saturated carbocycles. The number of aromatic nitrogens is 3. The number of amides is 1. The Kier molecular flexibility index (Phi) is 5.24. The van der Waals surface area contributed by atoms with Gasteiger partial charge in [-0.05, 0) is 25.5 Å². The number of carbonyl (C=O) groups is 1. The highest BCUT2D eigenvalue weighted by atomic mass is 32.2. The van der Waals surface area contributed by atoms with Gasteiger partial charge in [-0.15, -0.1) is 5.10 Å². The van der Waals surface area contributed by atoms with Gasteiger partial charge in [0.2, 0.25) is 5.91 Å². The quantitative estimate of drug-likeness (QED) is 0.845. The highest BCUT2D eigenvalue weighted by molar-refractivity contribution is 7.98. The zero-order valence-corrected chi connectivity index (χ0v) is 12.5. The first-order valence-corrected chi connectivity index (χ1v) is 8.25.